The number of aromatic nitrogens is 3. The fourth-order valence-corrected chi connectivity index (χ4v) is 3.57. The lowest BCUT2D eigenvalue weighted by Gasteiger charge is -2.25. The van der Waals surface area contributed by atoms with E-state index >= 15 is 0 Å². The molecule has 1 atom stereocenters. The number of hydrogen-bond donors (Lipinski definition) is 1. The molecule has 1 saturated heterocycles. The van der Waals surface area contributed by atoms with Crippen LogP contribution in [0.2, 0.25) is 5.02 Å². The fraction of sp³-hybridized carbons (Fsp3) is 0.278. The van der Waals surface area contributed by atoms with Crippen molar-refractivity contribution in [2.24, 2.45) is 0 Å². The normalized spacial score (nSPS) is 17.6. The van der Waals surface area contributed by atoms with Gasteiger partial charge < -0.3 is 4.90 Å². The first-order valence-corrected chi connectivity index (χ1v) is 8.70. The maximum Gasteiger partial charge on any atom is 0.433 e. The molecule has 3 aromatic rings. The van der Waals surface area contributed by atoms with Crippen LogP contribution in [0.4, 0.5) is 13.2 Å². The van der Waals surface area contributed by atoms with Crippen molar-refractivity contribution in [3.05, 3.63) is 58.4 Å². The third-order valence-corrected chi connectivity index (χ3v) is 4.96. The number of rotatable bonds is 2. The van der Waals surface area contributed by atoms with Crippen LogP contribution in [0.5, 0.6) is 0 Å². The molecule has 1 amide bonds. The van der Waals surface area contributed by atoms with Crippen LogP contribution in [0.3, 0.4) is 0 Å². The Balaban J connectivity index is 1.68. The van der Waals surface area contributed by atoms with Crippen molar-refractivity contribution in [1.29, 1.82) is 0 Å². The summed E-state index contributed by atoms with van der Waals surface area (Å²) in [4.78, 5) is 18.5. The fourth-order valence-electron chi connectivity index (χ4n) is 3.44. The zero-order valence-electron chi connectivity index (χ0n) is 13.9. The van der Waals surface area contributed by atoms with Crippen LogP contribution in [0.15, 0.2) is 36.5 Å². The van der Waals surface area contributed by atoms with E-state index < -0.39 is 11.9 Å². The molecule has 1 fully saturated rings. The molecule has 9 heteroatoms. The first-order valence-electron chi connectivity index (χ1n) is 8.32. The summed E-state index contributed by atoms with van der Waals surface area (Å²) in [6, 6.07) is 8.29. The summed E-state index contributed by atoms with van der Waals surface area (Å²) in [5, 5.41) is 5.90. The number of nitrogens with zero attached hydrogens (tertiary/aromatic N) is 3. The van der Waals surface area contributed by atoms with Crippen LogP contribution < -0.4 is 0 Å². The number of benzene rings is 1. The van der Waals surface area contributed by atoms with Crippen molar-refractivity contribution in [1.82, 2.24) is 20.1 Å². The standard InChI is InChI=1S/C18H14ClF3N4O/c19-12-5-3-10(4-6-12)14-2-1-7-26(14)17(27)11-8-13-15(18(20,21)22)24-25-16(13)23-9-11/h3-6,8-9,14H,1-2,7H2,(H,23,24,25). The monoisotopic (exact) mass is 394 g/mol. The Morgan fingerprint density at radius 2 is 2.00 bits per heavy atom. The lowest BCUT2D eigenvalue weighted by atomic mass is 10.0. The van der Waals surface area contributed by atoms with Gasteiger partial charge in [-0.15, -0.1) is 0 Å². The van der Waals surface area contributed by atoms with E-state index in [-0.39, 0.29) is 28.5 Å². The van der Waals surface area contributed by atoms with E-state index in [2.05, 4.69) is 10.1 Å². The van der Waals surface area contributed by atoms with Crippen LogP contribution in [0, 0.1) is 0 Å². The van der Waals surface area contributed by atoms with Crippen molar-refractivity contribution in [3.8, 4) is 0 Å². The Kier molecular flexibility index (Phi) is 4.30. The maximum absolute atomic E-state index is 13.1. The second-order valence-corrected chi connectivity index (χ2v) is 6.84. The van der Waals surface area contributed by atoms with Crippen molar-refractivity contribution >= 4 is 28.5 Å². The summed E-state index contributed by atoms with van der Waals surface area (Å²) in [6.45, 7) is 0.529. The second kappa shape index (κ2) is 6.53. The van der Waals surface area contributed by atoms with Crippen molar-refractivity contribution in [3.63, 3.8) is 0 Å². The second-order valence-electron chi connectivity index (χ2n) is 6.40. The highest BCUT2D eigenvalue weighted by Gasteiger charge is 2.36. The Morgan fingerprint density at radius 3 is 2.70 bits per heavy atom. The number of likely N-dealkylation sites (tertiary alicyclic amines) is 1. The van der Waals surface area contributed by atoms with Gasteiger partial charge in [-0.3, -0.25) is 9.89 Å². The molecule has 1 aliphatic rings. The molecule has 1 unspecified atom stereocenters. The zero-order valence-corrected chi connectivity index (χ0v) is 14.7. The number of halogens is 4. The van der Waals surface area contributed by atoms with Gasteiger partial charge >= 0.3 is 6.18 Å². The number of H-pyrrole nitrogens is 1. The van der Waals surface area contributed by atoms with Crippen molar-refractivity contribution in [2.75, 3.05) is 6.54 Å². The third kappa shape index (κ3) is 3.25. The number of amides is 1. The molecule has 0 spiro atoms. The van der Waals surface area contributed by atoms with Gasteiger partial charge in [-0.2, -0.15) is 18.3 Å². The molecule has 1 aromatic carbocycles. The third-order valence-electron chi connectivity index (χ3n) is 4.71. The molecule has 2 aromatic heterocycles. The number of fused-ring (bicyclic) bond motifs is 1. The number of hydrogen-bond acceptors (Lipinski definition) is 3. The van der Waals surface area contributed by atoms with Gasteiger partial charge in [0.25, 0.3) is 5.91 Å². The molecule has 4 rings (SSSR count). The average Bonchev–Trinajstić information content (AvgIpc) is 3.27. The molecule has 0 aliphatic carbocycles. The number of nitrogens with one attached hydrogen (secondary N) is 1. The van der Waals surface area contributed by atoms with Gasteiger partial charge in [0.15, 0.2) is 5.65 Å². The van der Waals surface area contributed by atoms with Gasteiger partial charge in [0.1, 0.15) is 5.69 Å². The molecule has 1 N–H and O–H groups in total. The topological polar surface area (TPSA) is 61.9 Å². The van der Waals surface area contributed by atoms with Crippen LogP contribution in [0.1, 0.15) is 40.5 Å². The van der Waals surface area contributed by atoms with Crippen LogP contribution in [-0.4, -0.2) is 32.5 Å². The minimum atomic E-state index is -4.60. The van der Waals surface area contributed by atoms with E-state index in [0.29, 0.717) is 11.6 Å². The van der Waals surface area contributed by atoms with Gasteiger partial charge in [0.05, 0.1) is 17.0 Å². The average molecular weight is 395 g/mol. The minimum absolute atomic E-state index is 0.0745. The summed E-state index contributed by atoms with van der Waals surface area (Å²) in [5.74, 6) is -0.351. The molecule has 140 valence electrons. The molecule has 0 saturated carbocycles. The quantitative estimate of drug-likeness (QED) is 0.690. The van der Waals surface area contributed by atoms with Gasteiger partial charge in [-0.1, -0.05) is 23.7 Å². The summed E-state index contributed by atoms with van der Waals surface area (Å²) < 4.78 is 39.3. The predicted molar refractivity (Wildman–Crippen MR) is 93.4 cm³/mol. The number of carbonyl (C=O) groups excluding carboxylic acids is 1. The Labute approximate surface area is 157 Å². The van der Waals surface area contributed by atoms with E-state index in [1.54, 1.807) is 17.0 Å². The first-order chi connectivity index (χ1) is 12.8. The summed E-state index contributed by atoms with van der Waals surface area (Å²) in [6.07, 6.45) is -1.74. The summed E-state index contributed by atoms with van der Waals surface area (Å²) in [7, 11) is 0. The van der Waals surface area contributed by atoms with Gasteiger partial charge in [-0.05, 0) is 36.6 Å². The lowest BCUT2D eigenvalue weighted by Crippen LogP contribution is -2.30. The highest BCUT2D eigenvalue weighted by Crippen LogP contribution is 2.35. The maximum atomic E-state index is 13.1. The number of aromatic amines is 1. The number of carbonyl (C=O) groups is 1. The van der Waals surface area contributed by atoms with E-state index in [1.807, 2.05) is 17.2 Å². The van der Waals surface area contributed by atoms with E-state index in [9.17, 15) is 18.0 Å². The molecule has 0 radical (unpaired) electrons. The first kappa shape index (κ1) is 17.8. The molecular formula is C18H14ClF3N4O. The lowest BCUT2D eigenvalue weighted by molar-refractivity contribution is -0.139. The zero-order chi connectivity index (χ0) is 19.2. The largest absolute Gasteiger partial charge is 0.433 e. The number of alkyl halides is 3. The highest BCUT2D eigenvalue weighted by molar-refractivity contribution is 6.30. The van der Waals surface area contributed by atoms with Crippen LogP contribution >= 0.6 is 11.6 Å². The molecule has 1 aliphatic heterocycles. The minimum Gasteiger partial charge on any atom is -0.332 e. The summed E-state index contributed by atoms with van der Waals surface area (Å²) in [5.41, 5.74) is -0.0290. The molecule has 0 bridgehead atoms. The summed E-state index contributed by atoms with van der Waals surface area (Å²) >= 11 is 5.92. The van der Waals surface area contributed by atoms with Gasteiger partial charge in [0.2, 0.25) is 0 Å². The SMILES string of the molecule is O=C(c1cnc2n[nH]c(C(F)(F)F)c2c1)N1CCCC1c1ccc(Cl)cc1. The molecule has 3 heterocycles. The van der Waals surface area contributed by atoms with Crippen molar-refractivity contribution in [2.45, 2.75) is 25.1 Å². The van der Waals surface area contributed by atoms with E-state index in [4.69, 9.17) is 11.6 Å². The predicted octanol–water partition coefficient (Wildman–Crippen LogP) is 4.61. The molecule has 27 heavy (non-hydrogen) atoms. The van der Waals surface area contributed by atoms with E-state index in [1.165, 1.54) is 12.3 Å². The Morgan fingerprint density at radius 1 is 1.26 bits per heavy atom. The van der Waals surface area contributed by atoms with E-state index in [0.717, 1.165) is 18.4 Å². The van der Waals surface area contributed by atoms with Gasteiger partial charge in [0, 0.05) is 17.8 Å². The Hall–Kier alpha value is -2.61. The molecular weight excluding hydrogens is 381 g/mol. The molecule has 5 nitrogen and oxygen atoms in total. The van der Waals surface area contributed by atoms with Crippen molar-refractivity contribution < 1.29 is 18.0 Å². The van der Waals surface area contributed by atoms with Gasteiger partial charge in [-0.25, -0.2) is 4.98 Å². The van der Waals surface area contributed by atoms with Crippen LogP contribution in [0.25, 0.3) is 11.0 Å². The highest BCUT2D eigenvalue weighted by atomic mass is 35.5. The Bertz CT molecular complexity index is 1000. The number of pyridine rings is 1. The smallest absolute Gasteiger partial charge is 0.332 e. The van der Waals surface area contributed by atoms with Crippen LogP contribution in [-0.2, 0) is 6.18 Å².